The van der Waals surface area contributed by atoms with E-state index in [9.17, 15) is 10.4 Å². The van der Waals surface area contributed by atoms with Gasteiger partial charge in [-0.3, -0.25) is 0 Å². The highest BCUT2D eigenvalue weighted by atomic mass is 35.5. The number of hydrogen-bond donors (Lipinski definition) is 2. The molecule has 0 spiro atoms. The quantitative estimate of drug-likeness (QED) is 0.562. The highest BCUT2D eigenvalue weighted by Crippen LogP contribution is 2.45. The zero-order valence-electron chi connectivity index (χ0n) is 15.6. The Morgan fingerprint density at radius 2 is 1.93 bits per heavy atom. The fourth-order valence-corrected chi connectivity index (χ4v) is 3.82. The number of nitrogens with zero attached hydrogens (tertiary/aromatic N) is 1. The number of fused-ring (bicyclic) bond motifs is 1. The number of benzene rings is 2. The molecular weight excluding hydrogens is 395 g/mol. The summed E-state index contributed by atoms with van der Waals surface area (Å²) in [5.41, 5.74) is 8.72. The second-order valence-corrected chi connectivity index (χ2v) is 7.74. The summed E-state index contributed by atoms with van der Waals surface area (Å²) in [4.78, 5) is 0. The first-order chi connectivity index (χ1) is 13.5. The van der Waals surface area contributed by atoms with Crippen molar-refractivity contribution < 1.29 is 9.84 Å². The first-order valence-corrected chi connectivity index (χ1v) is 10.1. The van der Waals surface area contributed by atoms with Crippen molar-refractivity contribution in [1.82, 2.24) is 0 Å². The van der Waals surface area contributed by atoms with Crippen LogP contribution in [0.15, 0.2) is 41.8 Å². The van der Waals surface area contributed by atoms with Crippen molar-refractivity contribution >= 4 is 23.2 Å². The number of ether oxygens (including phenoxy) is 1. The Kier molecular flexibility index (Phi) is 6.39. The van der Waals surface area contributed by atoms with E-state index in [1.165, 1.54) is 6.42 Å². The number of unbranched alkanes of at least 4 members (excludes halogenated alkanes) is 3. The summed E-state index contributed by atoms with van der Waals surface area (Å²) in [5, 5.41) is 21.0. The van der Waals surface area contributed by atoms with E-state index in [4.69, 9.17) is 33.7 Å². The Labute approximate surface area is 175 Å². The van der Waals surface area contributed by atoms with Gasteiger partial charge in [0.05, 0.1) is 16.0 Å². The number of aryl methyl sites for hydroxylation is 1. The summed E-state index contributed by atoms with van der Waals surface area (Å²) in [6.07, 6.45) is 5.17. The van der Waals surface area contributed by atoms with Crippen LogP contribution in [-0.2, 0) is 6.42 Å². The zero-order valence-corrected chi connectivity index (χ0v) is 17.1. The topological polar surface area (TPSA) is 79.3 Å². The molecule has 28 heavy (non-hydrogen) atoms. The van der Waals surface area contributed by atoms with Crippen LogP contribution in [0.1, 0.15) is 55.2 Å². The van der Waals surface area contributed by atoms with Gasteiger partial charge in [-0.15, -0.1) is 0 Å². The Bertz CT molecular complexity index is 964. The predicted octanol–water partition coefficient (Wildman–Crippen LogP) is 6.04. The van der Waals surface area contributed by atoms with E-state index in [0.29, 0.717) is 21.4 Å². The molecule has 2 aromatic rings. The van der Waals surface area contributed by atoms with Gasteiger partial charge in [-0.05, 0) is 42.2 Å². The molecule has 0 fully saturated rings. The summed E-state index contributed by atoms with van der Waals surface area (Å²) >= 11 is 12.3. The van der Waals surface area contributed by atoms with Gasteiger partial charge in [0.2, 0.25) is 5.88 Å². The summed E-state index contributed by atoms with van der Waals surface area (Å²) < 4.78 is 5.64. The molecule has 3 N–H and O–H groups in total. The second-order valence-electron chi connectivity index (χ2n) is 6.93. The third-order valence-corrected chi connectivity index (χ3v) is 5.73. The molecule has 2 aromatic carbocycles. The largest absolute Gasteiger partial charge is 0.508 e. The zero-order chi connectivity index (χ0) is 20.3. The number of nitrogens with two attached hydrogens (primary N) is 1. The summed E-state index contributed by atoms with van der Waals surface area (Å²) in [5.74, 6) is 0.221. The maximum atomic E-state index is 10.4. The Morgan fingerprint density at radius 3 is 2.61 bits per heavy atom. The molecule has 1 unspecified atom stereocenters. The Morgan fingerprint density at radius 1 is 1.14 bits per heavy atom. The smallest absolute Gasteiger partial charge is 0.205 e. The van der Waals surface area contributed by atoms with E-state index in [-0.39, 0.29) is 11.6 Å². The molecule has 1 aliphatic rings. The number of halogens is 2. The molecule has 1 aliphatic heterocycles. The minimum absolute atomic E-state index is 0.0289. The molecule has 0 aromatic heterocycles. The number of phenols is 1. The van der Waals surface area contributed by atoms with Gasteiger partial charge in [-0.25, -0.2) is 0 Å². The minimum Gasteiger partial charge on any atom is -0.508 e. The highest BCUT2D eigenvalue weighted by Gasteiger charge is 2.32. The first kappa shape index (κ1) is 20.4. The molecule has 1 atom stereocenters. The number of phenolic OH excluding ortho intramolecular Hbond substituents is 1. The van der Waals surface area contributed by atoms with E-state index < -0.39 is 5.92 Å². The number of rotatable bonds is 6. The maximum Gasteiger partial charge on any atom is 0.205 e. The van der Waals surface area contributed by atoms with Gasteiger partial charge >= 0.3 is 0 Å². The molecular formula is C22H22Cl2N2O2. The van der Waals surface area contributed by atoms with Crippen molar-refractivity contribution in [2.24, 2.45) is 5.73 Å². The van der Waals surface area contributed by atoms with Crippen LogP contribution >= 0.6 is 23.2 Å². The van der Waals surface area contributed by atoms with E-state index in [0.717, 1.165) is 42.4 Å². The van der Waals surface area contributed by atoms with Crippen molar-refractivity contribution in [2.45, 2.75) is 44.9 Å². The molecule has 1 heterocycles. The van der Waals surface area contributed by atoms with E-state index >= 15 is 0 Å². The Hall–Kier alpha value is -2.35. The average Bonchev–Trinajstić information content (AvgIpc) is 2.67. The van der Waals surface area contributed by atoms with E-state index in [1.54, 1.807) is 18.2 Å². The molecule has 0 saturated heterocycles. The molecule has 0 amide bonds. The lowest BCUT2D eigenvalue weighted by atomic mass is 9.82. The van der Waals surface area contributed by atoms with Crippen LogP contribution in [0.3, 0.4) is 0 Å². The fourth-order valence-electron chi connectivity index (χ4n) is 3.52. The van der Waals surface area contributed by atoms with Gasteiger partial charge < -0.3 is 15.6 Å². The van der Waals surface area contributed by atoms with Crippen LogP contribution in [-0.4, -0.2) is 5.11 Å². The molecule has 4 nitrogen and oxygen atoms in total. The van der Waals surface area contributed by atoms with Crippen molar-refractivity contribution in [3.05, 3.63) is 68.5 Å². The van der Waals surface area contributed by atoms with Crippen LogP contribution in [0, 0.1) is 11.3 Å². The molecule has 146 valence electrons. The summed E-state index contributed by atoms with van der Waals surface area (Å²) in [7, 11) is 0. The summed E-state index contributed by atoms with van der Waals surface area (Å²) in [6.45, 7) is 2.16. The van der Waals surface area contributed by atoms with Crippen LogP contribution < -0.4 is 10.5 Å². The maximum absolute atomic E-state index is 10.4. The number of hydrogen-bond acceptors (Lipinski definition) is 4. The molecule has 6 heteroatoms. The van der Waals surface area contributed by atoms with Crippen molar-refractivity contribution in [3.8, 4) is 17.6 Å². The lowest BCUT2D eigenvalue weighted by Gasteiger charge is -2.27. The van der Waals surface area contributed by atoms with Crippen LogP contribution in [0.4, 0.5) is 0 Å². The highest BCUT2D eigenvalue weighted by molar-refractivity contribution is 6.42. The lowest BCUT2D eigenvalue weighted by molar-refractivity contribution is 0.387. The normalized spacial score (nSPS) is 15.7. The number of allylic oxidation sites excluding steroid dienone is 1. The third kappa shape index (κ3) is 4.06. The van der Waals surface area contributed by atoms with Crippen LogP contribution in [0.5, 0.6) is 11.5 Å². The fraction of sp³-hybridized carbons (Fsp3) is 0.318. The average molecular weight is 417 g/mol. The van der Waals surface area contributed by atoms with Crippen LogP contribution in [0.25, 0.3) is 0 Å². The van der Waals surface area contributed by atoms with Gasteiger partial charge in [0, 0.05) is 11.6 Å². The monoisotopic (exact) mass is 416 g/mol. The van der Waals surface area contributed by atoms with Crippen molar-refractivity contribution in [2.75, 3.05) is 0 Å². The molecule has 0 radical (unpaired) electrons. The third-order valence-electron chi connectivity index (χ3n) is 4.99. The van der Waals surface area contributed by atoms with Gasteiger partial charge in [-0.1, -0.05) is 55.5 Å². The Balaban J connectivity index is 2.06. The minimum atomic E-state index is -0.432. The summed E-state index contributed by atoms with van der Waals surface area (Å²) in [6, 6.07) is 10.9. The van der Waals surface area contributed by atoms with E-state index in [1.807, 2.05) is 12.1 Å². The molecule has 0 aliphatic carbocycles. The van der Waals surface area contributed by atoms with Crippen LogP contribution in [0.2, 0.25) is 10.0 Å². The van der Waals surface area contributed by atoms with Crippen molar-refractivity contribution in [3.63, 3.8) is 0 Å². The number of aromatic hydroxyl groups is 1. The van der Waals surface area contributed by atoms with Gasteiger partial charge in [0.25, 0.3) is 0 Å². The van der Waals surface area contributed by atoms with Gasteiger partial charge in [0.15, 0.2) is 0 Å². The first-order valence-electron chi connectivity index (χ1n) is 9.34. The van der Waals surface area contributed by atoms with E-state index in [2.05, 4.69) is 13.0 Å². The molecule has 3 rings (SSSR count). The number of nitriles is 1. The lowest BCUT2D eigenvalue weighted by Crippen LogP contribution is -2.21. The van der Waals surface area contributed by atoms with Crippen molar-refractivity contribution in [1.29, 1.82) is 5.26 Å². The molecule has 0 saturated carbocycles. The predicted molar refractivity (Wildman–Crippen MR) is 112 cm³/mol. The van der Waals surface area contributed by atoms with Gasteiger partial charge in [-0.2, -0.15) is 5.26 Å². The standard InChI is InChI=1S/C22H22Cl2N2O2/c1-2-3-4-5-6-13-9-15-20(11-19(13)27)28-22(26)16(12-25)21(15)14-7-8-17(23)18(24)10-14/h7-11,21,27H,2-6,26H2,1H3. The second kappa shape index (κ2) is 8.77. The van der Waals surface area contributed by atoms with Gasteiger partial charge in [0.1, 0.15) is 23.1 Å². The SMILES string of the molecule is CCCCCCc1cc2c(cc1O)OC(N)=C(C#N)C2c1ccc(Cl)c(Cl)c1. The molecule has 0 bridgehead atoms.